The number of nitrogens with zero attached hydrogens (tertiary/aromatic N) is 3. The van der Waals surface area contributed by atoms with Crippen molar-refractivity contribution in [2.75, 3.05) is 5.32 Å². The normalized spacial score (nSPS) is 11.9. The average Bonchev–Trinajstić information content (AvgIpc) is 3.33. The molecular formula is C20H19BrN4O3S. The molecule has 0 spiro atoms. The maximum Gasteiger partial charge on any atom is 0.268 e. The minimum atomic E-state index is -0.972. The van der Waals surface area contributed by atoms with Crippen molar-refractivity contribution >= 4 is 50.2 Å². The van der Waals surface area contributed by atoms with Crippen molar-refractivity contribution in [3.8, 4) is 10.6 Å². The van der Waals surface area contributed by atoms with Gasteiger partial charge in [0.15, 0.2) is 11.7 Å². The van der Waals surface area contributed by atoms with Crippen LogP contribution >= 0.6 is 27.3 Å². The lowest BCUT2D eigenvalue weighted by atomic mass is 10.1. The number of aryl methyl sites for hydroxylation is 1. The number of hydrogen-bond donors (Lipinski definition) is 2. The van der Waals surface area contributed by atoms with E-state index in [0.717, 1.165) is 20.4 Å². The molecule has 0 saturated heterocycles. The zero-order chi connectivity index (χ0) is 20.8. The highest BCUT2D eigenvalue weighted by Crippen LogP contribution is 2.30. The molecule has 0 saturated carbocycles. The van der Waals surface area contributed by atoms with Crippen molar-refractivity contribution in [3.05, 3.63) is 51.8 Å². The van der Waals surface area contributed by atoms with Crippen LogP contribution in [-0.4, -0.2) is 31.1 Å². The van der Waals surface area contributed by atoms with Crippen molar-refractivity contribution < 1.29 is 14.3 Å². The minimum absolute atomic E-state index is 0.274. The van der Waals surface area contributed by atoms with E-state index in [2.05, 4.69) is 31.2 Å². The highest BCUT2D eigenvalue weighted by molar-refractivity contribution is 9.10. The van der Waals surface area contributed by atoms with Crippen LogP contribution in [0.5, 0.6) is 0 Å². The SMILES string of the molecule is Cc1ncc(-c2ccc(C(=O)Nc3nc4cc(Br)ccc4n3CC(C)(C)O)s2)o1. The van der Waals surface area contributed by atoms with Gasteiger partial charge in [-0.1, -0.05) is 15.9 Å². The summed E-state index contributed by atoms with van der Waals surface area (Å²) in [5.74, 6) is 1.32. The van der Waals surface area contributed by atoms with E-state index in [0.29, 0.717) is 22.5 Å². The quantitative estimate of drug-likeness (QED) is 0.431. The number of fused-ring (bicyclic) bond motifs is 1. The molecule has 7 nitrogen and oxygen atoms in total. The van der Waals surface area contributed by atoms with Crippen molar-refractivity contribution in [2.45, 2.75) is 32.9 Å². The molecule has 1 aromatic carbocycles. The Hall–Kier alpha value is -2.49. The van der Waals surface area contributed by atoms with Gasteiger partial charge in [0.1, 0.15) is 0 Å². The number of imidazole rings is 1. The highest BCUT2D eigenvalue weighted by atomic mass is 79.9. The number of carbonyl (C=O) groups is 1. The number of thiophene rings is 1. The lowest BCUT2D eigenvalue weighted by Gasteiger charge is -2.20. The Morgan fingerprint density at radius 3 is 2.83 bits per heavy atom. The average molecular weight is 475 g/mol. The molecule has 150 valence electrons. The van der Waals surface area contributed by atoms with Gasteiger partial charge in [-0.25, -0.2) is 9.97 Å². The predicted molar refractivity (Wildman–Crippen MR) is 116 cm³/mol. The second-order valence-electron chi connectivity index (χ2n) is 7.33. The molecule has 0 aliphatic rings. The van der Waals surface area contributed by atoms with Gasteiger partial charge in [0.25, 0.3) is 5.91 Å². The Morgan fingerprint density at radius 2 is 2.14 bits per heavy atom. The number of anilines is 1. The first-order valence-corrected chi connectivity index (χ1v) is 10.5. The number of amides is 1. The zero-order valence-corrected chi connectivity index (χ0v) is 18.5. The fourth-order valence-electron chi connectivity index (χ4n) is 2.98. The second kappa shape index (κ2) is 7.40. The molecule has 0 aliphatic heterocycles. The van der Waals surface area contributed by atoms with Gasteiger partial charge in [-0.3, -0.25) is 10.1 Å². The molecule has 2 N–H and O–H groups in total. The van der Waals surface area contributed by atoms with Crippen LogP contribution in [0.3, 0.4) is 0 Å². The van der Waals surface area contributed by atoms with Gasteiger partial charge in [-0.2, -0.15) is 0 Å². The number of hydrogen-bond acceptors (Lipinski definition) is 6. The summed E-state index contributed by atoms with van der Waals surface area (Å²) in [6.45, 7) is 5.49. The van der Waals surface area contributed by atoms with E-state index in [1.807, 2.05) is 28.8 Å². The molecule has 0 radical (unpaired) electrons. The third kappa shape index (κ3) is 4.26. The van der Waals surface area contributed by atoms with Crippen molar-refractivity contribution in [1.29, 1.82) is 0 Å². The lowest BCUT2D eigenvalue weighted by Crippen LogP contribution is -2.27. The number of oxazole rings is 1. The maximum absolute atomic E-state index is 12.9. The van der Waals surface area contributed by atoms with Crippen LogP contribution in [0.1, 0.15) is 29.4 Å². The number of rotatable bonds is 5. The summed E-state index contributed by atoms with van der Waals surface area (Å²) in [6, 6.07) is 9.26. The van der Waals surface area contributed by atoms with Crippen LogP contribution in [0.4, 0.5) is 5.95 Å². The Bertz CT molecular complexity index is 1200. The summed E-state index contributed by atoms with van der Waals surface area (Å²) in [7, 11) is 0. The van der Waals surface area contributed by atoms with Gasteiger partial charge in [0.05, 0.1) is 39.1 Å². The number of halogens is 1. The maximum atomic E-state index is 12.9. The summed E-state index contributed by atoms with van der Waals surface area (Å²) >= 11 is 4.76. The topological polar surface area (TPSA) is 93.2 Å². The van der Waals surface area contributed by atoms with Gasteiger partial charge in [-0.05, 0) is 44.2 Å². The van der Waals surface area contributed by atoms with E-state index in [4.69, 9.17) is 4.42 Å². The van der Waals surface area contributed by atoms with Gasteiger partial charge in [0.2, 0.25) is 5.95 Å². The molecule has 4 rings (SSSR count). The monoisotopic (exact) mass is 474 g/mol. The second-order valence-corrected chi connectivity index (χ2v) is 9.33. The van der Waals surface area contributed by atoms with Gasteiger partial charge >= 0.3 is 0 Å². The number of aliphatic hydroxyl groups is 1. The Kier molecular flexibility index (Phi) is 5.05. The summed E-state index contributed by atoms with van der Waals surface area (Å²) in [5, 5.41) is 13.2. The molecule has 0 unspecified atom stereocenters. The molecule has 1 amide bonds. The Balaban J connectivity index is 1.65. The Labute approximate surface area is 179 Å². The first-order chi connectivity index (χ1) is 13.7. The number of benzene rings is 1. The van der Waals surface area contributed by atoms with E-state index in [-0.39, 0.29) is 12.5 Å². The van der Waals surface area contributed by atoms with E-state index in [1.54, 1.807) is 33.0 Å². The van der Waals surface area contributed by atoms with E-state index in [1.165, 1.54) is 11.3 Å². The van der Waals surface area contributed by atoms with E-state index >= 15 is 0 Å². The van der Waals surface area contributed by atoms with Crippen molar-refractivity contribution in [1.82, 2.24) is 14.5 Å². The van der Waals surface area contributed by atoms with Crippen LogP contribution in [-0.2, 0) is 6.54 Å². The molecule has 0 aliphatic carbocycles. The fraction of sp³-hybridized carbons (Fsp3) is 0.250. The van der Waals surface area contributed by atoms with Gasteiger partial charge in [-0.15, -0.1) is 11.3 Å². The predicted octanol–water partition coefficient (Wildman–Crippen LogP) is 4.85. The summed E-state index contributed by atoms with van der Waals surface area (Å²) < 4.78 is 8.23. The molecule has 0 fully saturated rings. The lowest BCUT2D eigenvalue weighted by molar-refractivity contribution is 0.0630. The fourth-order valence-corrected chi connectivity index (χ4v) is 4.17. The zero-order valence-electron chi connectivity index (χ0n) is 16.1. The van der Waals surface area contributed by atoms with E-state index < -0.39 is 5.60 Å². The highest BCUT2D eigenvalue weighted by Gasteiger charge is 2.21. The summed E-state index contributed by atoms with van der Waals surface area (Å²) in [4.78, 5) is 22.9. The molecular weight excluding hydrogens is 456 g/mol. The molecule has 29 heavy (non-hydrogen) atoms. The standard InChI is InChI=1S/C20H19BrN4O3S/c1-11-22-9-15(28-11)16-6-7-17(29-16)18(26)24-19-23-13-8-12(21)4-5-14(13)25(19)10-20(2,3)27/h4-9,27H,10H2,1-3H3,(H,23,24,26). The first-order valence-electron chi connectivity index (χ1n) is 8.92. The number of nitrogens with one attached hydrogen (secondary N) is 1. The smallest absolute Gasteiger partial charge is 0.268 e. The molecule has 4 aromatic rings. The first kappa shape index (κ1) is 19.8. The van der Waals surface area contributed by atoms with Crippen LogP contribution < -0.4 is 5.32 Å². The third-order valence-corrected chi connectivity index (χ3v) is 5.77. The largest absolute Gasteiger partial charge is 0.440 e. The third-order valence-electron chi connectivity index (χ3n) is 4.17. The number of aromatic nitrogens is 3. The van der Waals surface area contributed by atoms with Gasteiger partial charge in [0, 0.05) is 11.4 Å². The molecule has 9 heteroatoms. The molecule has 0 bridgehead atoms. The van der Waals surface area contributed by atoms with Gasteiger partial charge < -0.3 is 14.1 Å². The summed E-state index contributed by atoms with van der Waals surface area (Å²) in [6.07, 6.45) is 1.64. The Morgan fingerprint density at radius 1 is 1.34 bits per heavy atom. The van der Waals surface area contributed by atoms with Crippen molar-refractivity contribution in [3.63, 3.8) is 0 Å². The molecule has 3 aromatic heterocycles. The van der Waals surface area contributed by atoms with Crippen LogP contribution in [0.25, 0.3) is 21.7 Å². The minimum Gasteiger partial charge on any atom is -0.440 e. The molecule has 0 atom stereocenters. The van der Waals surface area contributed by atoms with Crippen LogP contribution in [0, 0.1) is 6.92 Å². The molecule has 3 heterocycles. The van der Waals surface area contributed by atoms with Crippen LogP contribution in [0.15, 0.2) is 45.4 Å². The van der Waals surface area contributed by atoms with E-state index in [9.17, 15) is 9.90 Å². The summed E-state index contributed by atoms with van der Waals surface area (Å²) in [5.41, 5.74) is 0.581. The van der Waals surface area contributed by atoms with Crippen molar-refractivity contribution in [2.24, 2.45) is 0 Å². The number of carbonyl (C=O) groups excluding carboxylic acids is 1. The van der Waals surface area contributed by atoms with Crippen LogP contribution in [0.2, 0.25) is 0 Å².